The highest BCUT2D eigenvalue weighted by molar-refractivity contribution is 6.07. The summed E-state index contributed by atoms with van der Waals surface area (Å²) in [6.45, 7) is 9.27. The summed E-state index contributed by atoms with van der Waals surface area (Å²) >= 11 is 0. The van der Waals surface area contributed by atoms with Gasteiger partial charge in [0.15, 0.2) is 0 Å². The van der Waals surface area contributed by atoms with Crippen molar-refractivity contribution in [1.29, 1.82) is 0 Å². The van der Waals surface area contributed by atoms with E-state index in [-0.39, 0.29) is 11.9 Å². The Morgan fingerprint density at radius 2 is 1.76 bits per heavy atom. The molecule has 29 heavy (non-hydrogen) atoms. The lowest BCUT2D eigenvalue weighted by Gasteiger charge is -2.37. The van der Waals surface area contributed by atoms with Gasteiger partial charge in [-0.2, -0.15) is 0 Å². The number of benzene rings is 2. The van der Waals surface area contributed by atoms with E-state index in [0.29, 0.717) is 6.54 Å². The maximum absolute atomic E-state index is 13.0. The predicted octanol–water partition coefficient (Wildman–Crippen LogP) is 4.35. The van der Waals surface area contributed by atoms with Crippen LogP contribution in [0.3, 0.4) is 0 Å². The van der Waals surface area contributed by atoms with Crippen molar-refractivity contribution in [2.45, 2.75) is 52.2 Å². The zero-order valence-electron chi connectivity index (χ0n) is 17.8. The Balaban J connectivity index is 1.49. The fourth-order valence-electron chi connectivity index (χ4n) is 4.58. The number of hydrogen-bond donors (Lipinski definition) is 1. The SMILES string of the molecule is Cc1ccc(C(=O)N2CCc3cc(C(O)C(C)N4CCC(C)CC4)ccc32)cc1. The molecule has 1 amide bonds. The monoisotopic (exact) mass is 392 g/mol. The topological polar surface area (TPSA) is 43.8 Å². The van der Waals surface area contributed by atoms with E-state index in [1.807, 2.05) is 48.2 Å². The lowest BCUT2D eigenvalue weighted by atomic mass is 9.94. The third-order valence-electron chi connectivity index (χ3n) is 6.74. The Hall–Kier alpha value is -2.17. The van der Waals surface area contributed by atoms with Crippen molar-refractivity contribution in [2.75, 3.05) is 24.5 Å². The van der Waals surface area contributed by atoms with Crippen LogP contribution in [0.15, 0.2) is 42.5 Å². The third kappa shape index (κ3) is 4.10. The van der Waals surface area contributed by atoms with Gasteiger partial charge in [-0.3, -0.25) is 9.69 Å². The second kappa shape index (κ2) is 8.29. The minimum Gasteiger partial charge on any atom is -0.387 e. The highest BCUT2D eigenvalue weighted by Gasteiger charge is 2.29. The molecule has 0 bridgehead atoms. The molecule has 1 N–H and O–H groups in total. The van der Waals surface area contributed by atoms with Gasteiger partial charge in [0.05, 0.1) is 6.10 Å². The average molecular weight is 393 g/mol. The smallest absolute Gasteiger partial charge is 0.258 e. The summed E-state index contributed by atoms with van der Waals surface area (Å²) < 4.78 is 0. The third-order valence-corrected chi connectivity index (χ3v) is 6.74. The first-order valence-electron chi connectivity index (χ1n) is 10.9. The number of carbonyl (C=O) groups excluding carboxylic acids is 1. The van der Waals surface area contributed by atoms with Gasteiger partial charge in [-0.1, -0.05) is 36.8 Å². The molecule has 2 aliphatic heterocycles. The number of hydrogen-bond acceptors (Lipinski definition) is 3. The number of aryl methyl sites for hydroxylation is 1. The van der Waals surface area contributed by atoms with E-state index >= 15 is 0 Å². The molecule has 4 heteroatoms. The van der Waals surface area contributed by atoms with Crippen molar-refractivity contribution in [1.82, 2.24) is 4.90 Å². The molecular weight excluding hydrogens is 360 g/mol. The van der Waals surface area contributed by atoms with E-state index in [1.54, 1.807) is 0 Å². The van der Waals surface area contributed by atoms with Crippen LogP contribution in [0.25, 0.3) is 0 Å². The second-order valence-corrected chi connectivity index (χ2v) is 8.86. The molecule has 0 saturated carbocycles. The van der Waals surface area contributed by atoms with Crippen LogP contribution >= 0.6 is 0 Å². The van der Waals surface area contributed by atoms with Crippen LogP contribution in [0.1, 0.15) is 59.8 Å². The van der Waals surface area contributed by atoms with Crippen LogP contribution in [-0.2, 0) is 6.42 Å². The van der Waals surface area contributed by atoms with E-state index < -0.39 is 6.10 Å². The maximum Gasteiger partial charge on any atom is 0.258 e. The number of piperidine rings is 1. The van der Waals surface area contributed by atoms with Gasteiger partial charge in [0, 0.05) is 23.8 Å². The van der Waals surface area contributed by atoms with Crippen LogP contribution in [0.5, 0.6) is 0 Å². The molecule has 0 aliphatic carbocycles. The fourth-order valence-corrected chi connectivity index (χ4v) is 4.58. The van der Waals surface area contributed by atoms with E-state index in [0.717, 1.165) is 53.4 Å². The van der Waals surface area contributed by atoms with Crippen molar-refractivity contribution < 1.29 is 9.90 Å². The van der Waals surface area contributed by atoms with Gasteiger partial charge in [0.25, 0.3) is 5.91 Å². The summed E-state index contributed by atoms with van der Waals surface area (Å²) in [5.74, 6) is 0.834. The average Bonchev–Trinajstić information content (AvgIpc) is 3.16. The maximum atomic E-state index is 13.0. The summed E-state index contributed by atoms with van der Waals surface area (Å²) in [4.78, 5) is 17.2. The van der Waals surface area contributed by atoms with Crippen molar-refractivity contribution in [3.05, 3.63) is 64.7 Å². The molecule has 2 aromatic rings. The number of aliphatic hydroxyl groups excluding tert-OH is 1. The first-order chi connectivity index (χ1) is 13.9. The lowest BCUT2D eigenvalue weighted by Crippen LogP contribution is -2.42. The van der Waals surface area contributed by atoms with Crippen molar-refractivity contribution >= 4 is 11.6 Å². The van der Waals surface area contributed by atoms with Gasteiger partial charge in [-0.25, -0.2) is 0 Å². The van der Waals surface area contributed by atoms with Crippen molar-refractivity contribution in [2.24, 2.45) is 5.92 Å². The minimum atomic E-state index is -0.504. The van der Waals surface area contributed by atoms with Crippen LogP contribution < -0.4 is 4.90 Å². The van der Waals surface area contributed by atoms with Gasteiger partial charge in [-0.05, 0) is 81.4 Å². The predicted molar refractivity (Wildman–Crippen MR) is 117 cm³/mol. The highest BCUT2D eigenvalue weighted by Crippen LogP contribution is 2.33. The standard InChI is InChI=1S/C25H32N2O2/c1-17-4-6-20(7-5-17)25(29)27-15-12-21-16-22(8-9-23(21)27)24(28)19(3)26-13-10-18(2)11-14-26/h4-9,16,18-19,24,28H,10-15H2,1-3H3. The number of anilines is 1. The van der Waals surface area contributed by atoms with Crippen LogP contribution in [-0.4, -0.2) is 41.6 Å². The number of nitrogens with zero attached hydrogens (tertiary/aromatic N) is 2. The Labute approximate surface area is 174 Å². The largest absolute Gasteiger partial charge is 0.387 e. The van der Waals surface area contributed by atoms with Crippen LogP contribution in [0, 0.1) is 12.8 Å². The van der Waals surface area contributed by atoms with Crippen LogP contribution in [0.2, 0.25) is 0 Å². The van der Waals surface area contributed by atoms with Crippen molar-refractivity contribution in [3.63, 3.8) is 0 Å². The molecular formula is C25H32N2O2. The number of fused-ring (bicyclic) bond motifs is 1. The first kappa shape index (κ1) is 20.1. The molecule has 0 spiro atoms. The summed E-state index contributed by atoms with van der Waals surface area (Å²) in [5, 5.41) is 11.0. The molecule has 0 aromatic heterocycles. The molecule has 2 atom stereocenters. The molecule has 2 aliphatic rings. The zero-order chi connectivity index (χ0) is 20.5. The quantitative estimate of drug-likeness (QED) is 0.841. The Kier molecular flexibility index (Phi) is 5.75. The van der Waals surface area contributed by atoms with Gasteiger partial charge in [-0.15, -0.1) is 0 Å². The highest BCUT2D eigenvalue weighted by atomic mass is 16.3. The molecule has 1 saturated heterocycles. The molecule has 0 radical (unpaired) electrons. The molecule has 4 rings (SSSR count). The van der Waals surface area contributed by atoms with E-state index in [2.05, 4.69) is 24.8 Å². The normalized spacial score (nSPS) is 19.8. The summed E-state index contributed by atoms with van der Waals surface area (Å²) in [6, 6.07) is 14.0. The minimum absolute atomic E-state index is 0.0489. The molecule has 154 valence electrons. The number of aliphatic hydroxyl groups is 1. The first-order valence-corrected chi connectivity index (χ1v) is 10.9. The van der Waals surface area contributed by atoms with Gasteiger partial charge < -0.3 is 10.0 Å². The molecule has 2 aromatic carbocycles. The molecule has 1 fully saturated rings. The van der Waals surface area contributed by atoms with E-state index in [4.69, 9.17) is 0 Å². The Morgan fingerprint density at radius 1 is 1.07 bits per heavy atom. The molecule has 2 unspecified atom stereocenters. The molecule has 2 heterocycles. The number of likely N-dealkylation sites (tertiary alicyclic amines) is 1. The molecule has 4 nitrogen and oxygen atoms in total. The zero-order valence-corrected chi connectivity index (χ0v) is 17.8. The summed E-state index contributed by atoms with van der Waals surface area (Å²) in [7, 11) is 0. The number of amides is 1. The van der Waals surface area contributed by atoms with Gasteiger partial charge in [0.1, 0.15) is 0 Å². The van der Waals surface area contributed by atoms with E-state index in [9.17, 15) is 9.90 Å². The fraction of sp³-hybridized carbons (Fsp3) is 0.480. The van der Waals surface area contributed by atoms with Crippen molar-refractivity contribution in [3.8, 4) is 0 Å². The van der Waals surface area contributed by atoms with Crippen LogP contribution in [0.4, 0.5) is 5.69 Å². The number of rotatable bonds is 4. The Bertz CT molecular complexity index is 869. The lowest BCUT2D eigenvalue weighted by molar-refractivity contribution is 0.0390. The number of carbonyl (C=O) groups is 1. The van der Waals surface area contributed by atoms with E-state index in [1.165, 1.54) is 12.8 Å². The summed E-state index contributed by atoms with van der Waals surface area (Å²) in [6.07, 6.45) is 2.74. The second-order valence-electron chi connectivity index (χ2n) is 8.86. The van der Waals surface area contributed by atoms with Gasteiger partial charge in [0.2, 0.25) is 0 Å². The van der Waals surface area contributed by atoms with Gasteiger partial charge >= 0.3 is 0 Å². The summed E-state index contributed by atoms with van der Waals surface area (Å²) in [5.41, 5.74) is 4.96. The Morgan fingerprint density at radius 3 is 2.45 bits per heavy atom.